The third-order valence-electron chi connectivity index (χ3n) is 2.67. The molecule has 1 fully saturated rings. The zero-order chi connectivity index (χ0) is 8.97. The fraction of sp³-hybridized carbons (Fsp3) is 1.00. The van der Waals surface area contributed by atoms with E-state index in [1.165, 1.54) is 19.3 Å². The van der Waals surface area contributed by atoms with Crippen LogP contribution < -0.4 is 5.32 Å². The first-order valence-corrected chi connectivity index (χ1v) is 5.04. The molecule has 1 heterocycles. The van der Waals surface area contributed by atoms with Gasteiger partial charge in [-0.3, -0.25) is 0 Å². The Kier molecular flexibility index (Phi) is 4.02. The monoisotopic (exact) mass is 171 g/mol. The number of hydrogen-bond acceptors (Lipinski definition) is 2. The van der Waals surface area contributed by atoms with Gasteiger partial charge in [0.15, 0.2) is 0 Å². The average molecular weight is 171 g/mol. The summed E-state index contributed by atoms with van der Waals surface area (Å²) in [6.07, 6.45) is 4.24. The molecule has 0 aromatic carbocycles. The van der Waals surface area contributed by atoms with Gasteiger partial charge in [0.25, 0.3) is 0 Å². The quantitative estimate of drug-likeness (QED) is 0.699. The fourth-order valence-electron chi connectivity index (χ4n) is 2.00. The molecule has 0 aliphatic carbocycles. The van der Waals surface area contributed by atoms with E-state index in [2.05, 4.69) is 19.2 Å². The standard InChI is InChI=1S/C10H21NO/c1-8(2)10(11-3)9-6-4-5-7-12-9/h8-11H,4-7H2,1-3H3. The van der Waals surface area contributed by atoms with Crippen molar-refractivity contribution in [2.24, 2.45) is 5.92 Å². The van der Waals surface area contributed by atoms with E-state index in [4.69, 9.17) is 4.74 Å². The van der Waals surface area contributed by atoms with Crippen molar-refractivity contribution >= 4 is 0 Å². The molecule has 0 aromatic heterocycles. The van der Waals surface area contributed by atoms with Crippen LogP contribution in [0.1, 0.15) is 33.1 Å². The lowest BCUT2D eigenvalue weighted by Crippen LogP contribution is -2.44. The van der Waals surface area contributed by atoms with Crippen LogP contribution in [0.2, 0.25) is 0 Å². The van der Waals surface area contributed by atoms with Gasteiger partial charge in [0.05, 0.1) is 6.10 Å². The second kappa shape index (κ2) is 4.83. The highest BCUT2D eigenvalue weighted by molar-refractivity contribution is 4.80. The van der Waals surface area contributed by atoms with Crippen LogP contribution in [0.5, 0.6) is 0 Å². The molecule has 1 saturated heterocycles. The van der Waals surface area contributed by atoms with Crippen molar-refractivity contribution in [2.45, 2.75) is 45.3 Å². The summed E-state index contributed by atoms with van der Waals surface area (Å²) in [4.78, 5) is 0. The summed E-state index contributed by atoms with van der Waals surface area (Å²) in [6, 6.07) is 0.533. The Labute approximate surface area is 75.7 Å². The summed E-state index contributed by atoms with van der Waals surface area (Å²) in [5.74, 6) is 0.665. The predicted molar refractivity (Wildman–Crippen MR) is 51.3 cm³/mol. The van der Waals surface area contributed by atoms with E-state index in [9.17, 15) is 0 Å². The van der Waals surface area contributed by atoms with Crippen LogP contribution in [-0.4, -0.2) is 25.8 Å². The zero-order valence-corrected chi connectivity index (χ0v) is 8.47. The third kappa shape index (κ3) is 2.46. The molecule has 0 saturated carbocycles. The number of rotatable bonds is 3. The van der Waals surface area contributed by atoms with Gasteiger partial charge in [-0.05, 0) is 32.2 Å². The molecular formula is C10H21NO. The molecule has 2 unspecified atom stereocenters. The summed E-state index contributed by atoms with van der Waals surface area (Å²) in [5, 5.41) is 3.35. The Hall–Kier alpha value is -0.0800. The van der Waals surface area contributed by atoms with Crippen LogP contribution in [0.4, 0.5) is 0 Å². The van der Waals surface area contributed by atoms with Gasteiger partial charge >= 0.3 is 0 Å². The van der Waals surface area contributed by atoms with Gasteiger partial charge in [-0.15, -0.1) is 0 Å². The minimum atomic E-state index is 0.448. The van der Waals surface area contributed by atoms with Crippen molar-refractivity contribution < 1.29 is 4.74 Å². The van der Waals surface area contributed by atoms with E-state index in [-0.39, 0.29) is 0 Å². The van der Waals surface area contributed by atoms with Gasteiger partial charge in [-0.25, -0.2) is 0 Å². The van der Waals surface area contributed by atoms with Gasteiger partial charge in [0.1, 0.15) is 0 Å². The summed E-state index contributed by atoms with van der Waals surface area (Å²) in [5.41, 5.74) is 0. The predicted octanol–water partition coefficient (Wildman–Crippen LogP) is 1.80. The van der Waals surface area contributed by atoms with E-state index >= 15 is 0 Å². The zero-order valence-electron chi connectivity index (χ0n) is 8.47. The Morgan fingerprint density at radius 1 is 1.33 bits per heavy atom. The van der Waals surface area contributed by atoms with Gasteiger partial charge in [-0.1, -0.05) is 13.8 Å². The Balaban J connectivity index is 2.40. The smallest absolute Gasteiger partial charge is 0.0730 e. The third-order valence-corrected chi connectivity index (χ3v) is 2.67. The van der Waals surface area contributed by atoms with Gasteiger partial charge in [0.2, 0.25) is 0 Å². The van der Waals surface area contributed by atoms with Crippen LogP contribution in [-0.2, 0) is 4.74 Å². The molecule has 12 heavy (non-hydrogen) atoms. The van der Waals surface area contributed by atoms with E-state index in [1.54, 1.807) is 0 Å². The molecule has 2 heteroatoms. The second-order valence-electron chi connectivity index (χ2n) is 3.96. The Bertz CT molecular complexity index is 119. The van der Waals surface area contributed by atoms with Crippen molar-refractivity contribution in [3.05, 3.63) is 0 Å². The number of likely N-dealkylation sites (N-methyl/N-ethyl adjacent to an activating group) is 1. The van der Waals surface area contributed by atoms with E-state index in [0.29, 0.717) is 18.1 Å². The maximum Gasteiger partial charge on any atom is 0.0730 e. The molecule has 1 rings (SSSR count). The largest absolute Gasteiger partial charge is 0.377 e. The number of hydrogen-bond donors (Lipinski definition) is 1. The number of ether oxygens (including phenoxy) is 1. The minimum absolute atomic E-state index is 0.448. The minimum Gasteiger partial charge on any atom is -0.377 e. The van der Waals surface area contributed by atoms with Gasteiger partial charge in [0, 0.05) is 12.6 Å². The average Bonchev–Trinajstić information content (AvgIpc) is 2.07. The summed E-state index contributed by atoms with van der Waals surface area (Å²) < 4.78 is 5.73. The van der Waals surface area contributed by atoms with Crippen molar-refractivity contribution in [1.29, 1.82) is 0 Å². The van der Waals surface area contributed by atoms with Gasteiger partial charge in [-0.2, -0.15) is 0 Å². The van der Waals surface area contributed by atoms with E-state index in [0.717, 1.165) is 6.61 Å². The molecule has 0 amide bonds. The van der Waals surface area contributed by atoms with Crippen molar-refractivity contribution in [1.82, 2.24) is 5.32 Å². The lowest BCUT2D eigenvalue weighted by atomic mass is 9.93. The molecule has 0 spiro atoms. The summed E-state index contributed by atoms with van der Waals surface area (Å²) in [6.45, 7) is 5.45. The molecule has 1 aliphatic heterocycles. The SMILES string of the molecule is CNC(C(C)C)C1CCCCO1. The normalized spacial score (nSPS) is 27.5. The highest BCUT2D eigenvalue weighted by Gasteiger charge is 2.25. The van der Waals surface area contributed by atoms with Crippen LogP contribution in [0, 0.1) is 5.92 Å². The highest BCUT2D eigenvalue weighted by atomic mass is 16.5. The molecule has 2 nitrogen and oxygen atoms in total. The topological polar surface area (TPSA) is 21.3 Å². The molecule has 0 bridgehead atoms. The van der Waals surface area contributed by atoms with Gasteiger partial charge < -0.3 is 10.1 Å². The molecule has 1 N–H and O–H groups in total. The molecule has 1 aliphatic rings. The maximum atomic E-state index is 5.73. The molecule has 0 radical (unpaired) electrons. The van der Waals surface area contributed by atoms with Crippen LogP contribution >= 0.6 is 0 Å². The first kappa shape index (κ1) is 10.0. The van der Waals surface area contributed by atoms with E-state index in [1.807, 2.05) is 7.05 Å². The lowest BCUT2D eigenvalue weighted by molar-refractivity contribution is -0.0158. The van der Waals surface area contributed by atoms with Crippen LogP contribution in [0.25, 0.3) is 0 Å². The Morgan fingerprint density at radius 3 is 2.50 bits per heavy atom. The lowest BCUT2D eigenvalue weighted by Gasteiger charge is -2.32. The number of nitrogens with one attached hydrogen (secondary N) is 1. The first-order chi connectivity index (χ1) is 5.75. The molecule has 0 aromatic rings. The molecule has 72 valence electrons. The second-order valence-corrected chi connectivity index (χ2v) is 3.96. The van der Waals surface area contributed by atoms with E-state index < -0.39 is 0 Å². The molecular weight excluding hydrogens is 150 g/mol. The summed E-state index contributed by atoms with van der Waals surface area (Å²) in [7, 11) is 2.03. The Morgan fingerprint density at radius 2 is 2.08 bits per heavy atom. The van der Waals surface area contributed by atoms with Crippen molar-refractivity contribution in [2.75, 3.05) is 13.7 Å². The summed E-state index contributed by atoms with van der Waals surface area (Å²) >= 11 is 0. The maximum absolute atomic E-state index is 5.73. The fourth-order valence-corrected chi connectivity index (χ4v) is 2.00. The van der Waals surface area contributed by atoms with Crippen molar-refractivity contribution in [3.8, 4) is 0 Å². The highest BCUT2D eigenvalue weighted by Crippen LogP contribution is 2.19. The molecule has 2 atom stereocenters. The van der Waals surface area contributed by atoms with Crippen molar-refractivity contribution in [3.63, 3.8) is 0 Å². The van der Waals surface area contributed by atoms with Crippen LogP contribution in [0.3, 0.4) is 0 Å². The first-order valence-electron chi connectivity index (χ1n) is 5.04. The van der Waals surface area contributed by atoms with Crippen LogP contribution in [0.15, 0.2) is 0 Å².